The van der Waals surface area contributed by atoms with Gasteiger partial charge in [-0.3, -0.25) is 9.69 Å². The summed E-state index contributed by atoms with van der Waals surface area (Å²) in [5, 5.41) is 16.7. The van der Waals surface area contributed by atoms with Crippen LogP contribution in [0.25, 0.3) is 11.1 Å². The van der Waals surface area contributed by atoms with E-state index in [1.165, 1.54) is 21.8 Å². The van der Waals surface area contributed by atoms with Crippen molar-refractivity contribution in [3.63, 3.8) is 0 Å². The van der Waals surface area contributed by atoms with E-state index in [4.69, 9.17) is 5.73 Å². The van der Waals surface area contributed by atoms with Gasteiger partial charge in [0.2, 0.25) is 5.91 Å². The third kappa shape index (κ3) is 6.67. The number of benzene rings is 1. The molecule has 0 bridgehead atoms. The van der Waals surface area contributed by atoms with Gasteiger partial charge in [0, 0.05) is 28.4 Å². The topological polar surface area (TPSA) is 82.2 Å². The van der Waals surface area contributed by atoms with Crippen molar-refractivity contribution in [2.45, 2.75) is 59.2 Å². The Morgan fingerprint density at radius 2 is 1.90 bits per heavy atom. The molecule has 1 aromatic heterocycles. The highest BCUT2D eigenvalue weighted by molar-refractivity contribution is 7.08. The van der Waals surface area contributed by atoms with Gasteiger partial charge in [0.25, 0.3) is 0 Å². The Balaban J connectivity index is 2.25. The lowest BCUT2D eigenvalue weighted by molar-refractivity contribution is -0.120. The first kappa shape index (κ1) is 23.1. The van der Waals surface area contributed by atoms with Crippen molar-refractivity contribution in [3.8, 4) is 17.2 Å². The summed E-state index contributed by atoms with van der Waals surface area (Å²) in [6.07, 6.45) is 0.593. The van der Waals surface area contributed by atoms with Crippen LogP contribution in [0.3, 0.4) is 0 Å². The summed E-state index contributed by atoms with van der Waals surface area (Å²) in [6.45, 7) is 11.3. The van der Waals surface area contributed by atoms with E-state index < -0.39 is 6.04 Å². The van der Waals surface area contributed by atoms with Gasteiger partial charge in [0.05, 0.1) is 17.8 Å². The van der Waals surface area contributed by atoms with Crippen LogP contribution in [0.5, 0.6) is 0 Å². The maximum Gasteiger partial charge on any atom is 0.244 e. The highest BCUT2D eigenvalue weighted by atomic mass is 32.1. The van der Waals surface area contributed by atoms with E-state index in [2.05, 4.69) is 56.4 Å². The van der Waals surface area contributed by atoms with Crippen LogP contribution in [-0.2, 0) is 11.3 Å². The fourth-order valence-corrected chi connectivity index (χ4v) is 3.89. The van der Waals surface area contributed by atoms with E-state index in [0.717, 1.165) is 23.4 Å². The Bertz CT molecular complexity index is 843. The summed E-state index contributed by atoms with van der Waals surface area (Å²) < 4.78 is 0. The number of nitrogens with one attached hydrogen (secondary N) is 1. The molecule has 0 spiro atoms. The Kier molecular flexibility index (Phi) is 7.97. The Labute approximate surface area is 178 Å². The number of rotatable bonds is 8. The molecule has 1 heterocycles. The summed E-state index contributed by atoms with van der Waals surface area (Å²) in [4.78, 5) is 14.5. The molecule has 0 saturated carbocycles. The molecule has 1 amide bonds. The van der Waals surface area contributed by atoms with Crippen LogP contribution < -0.4 is 16.0 Å². The van der Waals surface area contributed by atoms with E-state index in [-0.39, 0.29) is 18.0 Å². The third-order valence-electron chi connectivity index (χ3n) is 4.56. The van der Waals surface area contributed by atoms with E-state index in [0.29, 0.717) is 12.3 Å². The van der Waals surface area contributed by atoms with Crippen LogP contribution in [0.15, 0.2) is 35.0 Å². The fourth-order valence-electron chi connectivity index (χ4n) is 3.05. The minimum atomic E-state index is -0.609. The molecule has 1 aromatic carbocycles. The molecule has 0 unspecified atom stereocenters. The SMILES string of the molecule is CC(C)C[C@H](N)C(=O)N(CC#N)c1cscc1-c1ccc(CNC(C)(C)C)cc1. The number of nitrogens with zero attached hydrogens (tertiary/aromatic N) is 2. The molecule has 3 N–H and O–H groups in total. The first-order valence-electron chi connectivity index (χ1n) is 9.97. The van der Waals surface area contributed by atoms with E-state index in [1.807, 2.05) is 24.6 Å². The van der Waals surface area contributed by atoms with Gasteiger partial charge in [0.1, 0.15) is 6.54 Å². The van der Waals surface area contributed by atoms with Gasteiger partial charge >= 0.3 is 0 Å². The van der Waals surface area contributed by atoms with Crippen molar-refractivity contribution in [1.82, 2.24) is 5.32 Å². The average Bonchev–Trinajstić information content (AvgIpc) is 3.12. The largest absolute Gasteiger partial charge is 0.320 e. The van der Waals surface area contributed by atoms with Crippen molar-refractivity contribution in [2.24, 2.45) is 11.7 Å². The minimum Gasteiger partial charge on any atom is -0.320 e. The molecule has 2 aromatic rings. The standard InChI is InChI=1S/C23H32N4OS/c1-16(2)12-20(25)22(28)27(11-10-24)21-15-29-14-19(21)18-8-6-17(7-9-18)13-26-23(3,4)5/h6-9,14-16,20,26H,11-13,25H2,1-5H3/t20-/m0/s1. The molecule has 29 heavy (non-hydrogen) atoms. The highest BCUT2D eigenvalue weighted by Gasteiger charge is 2.25. The van der Waals surface area contributed by atoms with Crippen LogP contribution in [0.2, 0.25) is 0 Å². The number of carbonyl (C=O) groups is 1. The van der Waals surface area contributed by atoms with Gasteiger partial charge in [-0.2, -0.15) is 5.26 Å². The van der Waals surface area contributed by atoms with E-state index in [1.54, 1.807) is 0 Å². The van der Waals surface area contributed by atoms with Crippen LogP contribution in [0, 0.1) is 17.2 Å². The number of carbonyl (C=O) groups excluding carboxylic acids is 1. The predicted molar refractivity (Wildman–Crippen MR) is 122 cm³/mol. The Morgan fingerprint density at radius 1 is 1.24 bits per heavy atom. The second-order valence-electron chi connectivity index (χ2n) is 8.79. The number of nitriles is 1. The minimum absolute atomic E-state index is 0.0120. The molecular weight excluding hydrogens is 380 g/mol. The Hall–Kier alpha value is -2.20. The second kappa shape index (κ2) is 10.0. The van der Waals surface area contributed by atoms with E-state index in [9.17, 15) is 10.1 Å². The predicted octanol–water partition coefficient (Wildman–Crippen LogP) is 4.53. The zero-order valence-electron chi connectivity index (χ0n) is 18.0. The molecule has 1 atom stereocenters. The van der Waals surface area contributed by atoms with Crippen LogP contribution in [0.1, 0.15) is 46.6 Å². The fraction of sp³-hybridized carbons (Fsp3) is 0.478. The first-order chi connectivity index (χ1) is 13.6. The first-order valence-corrected chi connectivity index (χ1v) is 10.9. The highest BCUT2D eigenvalue weighted by Crippen LogP contribution is 2.35. The van der Waals surface area contributed by atoms with Crippen LogP contribution >= 0.6 is 11.3 Å². The van der Waals surface area contributed by atoms with Crippen molar-refractivity contribution >= 4 is 22.9 Å². The summed E-state index contributed by atoms with van der Waals surface area (Å²) in [5.74, 6) is 0.111. The van der Waals surface area contributed by atoms with Crippen LogP contribution in [0.4, 0.5) is 5.69 Å². The monoisotopic (exact) mass is 412 g/mol. The molecule has 0 saturated heterocycles. The number of amides is 1. The average molecular weight is 413 g/mol. The third-order valence-corrected chi connectivity index (χ3v) is 5.29. The number of hydrogen-bond acceptors (Lipinski definition) is 5. The van der Waals surface area contributed by atoms with Gasteiger partial charge in [-0.05, 0) is 44.2 Å². The summed E-state index contributed by atoms with van der Waals surface area (Å²) >= 11 is 1.52. The number of anilines is 1. The second-order valence-corrected chi connectivity index (χ2v) is 9.53. The van der Waals surface area contributed by atoms with Gasteiger partial charge in [-0.25, -0.2) is 0 Å². The van der Waals surface area contributed by atoms with Crippen molar-refractivity contribution in [3.05, 3.63) is 40.6 Å². The maximum absolute atomic E-state index is 12.9. The van der Waals surface area contributed by atoms with Crippen molar-refractivity contribution in [2.75, 3.05) is 11.4 Å². The van der Waals surface area contributed by atoms with Gasteiger partial charge in [0.15, 0.2) is 0 Å². The molecule has 0 aliphatic heterocycles. The number of thiophene rings is 1. The van der Waals surface area contributed by atoms with Crippen molar-refractivity contribution < 1.29 is 4.79 Å². The quantitative estimate of drug-likeness (QED) is 0.624. The molecular formula is C23H32N4OS. The smallest absolute Gasteiger partial charge is 0.244 e. The summed E-state index contributed by atoms with van der Waals surface area (Å²) in [7, 11) is 0. The molecule has 6 heteroatoms. The normalized spacial score (nSPS) is 12.6. The summed E-state index contributed by atoms with van der Waals surface area (Å²) in [5.41, 5.74) is 10.1. The van der Waals surface area contributed by atoms with Crippen LogP contribution in [-0.4, -0.2) is 24.0 Å². The lowest BCUT2D eigenvalue weighted by Crippen LogP contribution is -2.44. The lowest BCUT2D eigenvalue weighted by Gasteiger charge is -2.24. The molecule has 5 nitrogen and oxygen atoms in total. The van der Waals surface area contributed by atoms with Gasteiger partial charge in [-0.15, -0.1) is 11.3 Å². The van der Waals surface area contributed by atoms with Gasteiger partial charge < -0.3 is 11.1 Å². The van der Waals surface area contributed by atoms with Crippen molar-refractivity contribution in [1.29, 1.82) is 5.26 Å². The van der Waals surface area contributed by atoms with Gasteiger partial charge in [-0.1, -0.05) is 38.1 Å². The van der Waals surface area contributed by atoms with E-state index >= 15 is 0 Å². The zero-order chi connectivity index (χ0) is 21.6. The maximum atomic E-state index is 12.9. The molecule has 0 radical (unpaired) electrons. The summed E-state index contributed by atoms with van der Waals surface area (Å²) in [6, 6.07) is 9.82. The number of hydrogen-bond donors (Lipinski definition) is 2. The molecule has 156 valence electrons. The Morgan fingerprint density at radius 3 is 2.45 bits per heavy atom. The molecule has 2 rings (SSSR count). The molecule has 0 aliphatic carbocycles. The zero-order valence-corrected chi connectivity index (χ0v) is 18.8. The number of nitrogens with two attached hydrogens (primary N) is 1. The molecule has 0 aliphatic rings. The lowest BCUT2D eigenvalue weighted by atomic mass is 10.0. The molecule has 0 fully saturated rings.